The number of imide groups is 1. The molecule has 1 N–H and O–H groups in total. The van der Waals surface area contributed by atoms with E-state index in [1.165, 1.54) is 0 Å². The highest BCUT2D eigenvalue weighted by atomic mass is 16.7. The fourth-order valence-electron chi connectivity index (χ4n) is 3.22. The third-order valence-corrected chi connectivity index (χ3v) is 5.52. The lowest BCUT2D eigenvalue weighted by Crippen LogP contribution is -2.41. The lowest BCUT2D eigenvalue weighted by Gasteiger charge is -2.32. The molecule has 0 aromatic heterocycles. The van der Waals surface area contributed by atoms with Gasteiger partial charge in [0, 0.05) is 13.1 Å². The SMILES string of the molecule is CC(C)(C)OC(=O)NCCN1C(=O)c2ccc(B3OC(C)(C)C(C)(C)O3)cc2C1=O. The zero-order valence-electron chi connectivity index (χ0n) is 18.6. The molecular formula is C21H29BN2O6. The number of hydrogen-bond acceptors (Lipinski definition) is 6. The Bertz CT molecular complexity index is 874. The van der Waals surface area contributed by atoms with Crippen LogP contribution in [0.2, 0.25) is 0 Å². The monoisotopic (exact) mass is 416 g/mol. The Balaban J connectivity index is 1.68. The Morgan fingerprint density at radius 2 is 1.63 bits per heavy atom. The third kappa shape index (κ3) is 4.22. The molecule has 2 aliphatic rings. The number of amides is 3. The summed E-state index contributed by atoms with van der Waals surface area (Å²) in [6.45, 7) is 13.2. The molecule has 162 valence electrons. The first kappa shape index (κ1) is 22.3. The van der Waals surface area contributed by atoms with Gasteiger partial charge in [0.1, 0.15) is 5.60 Å². The molecule has 0 spiro atoms. The van der Waals surface area contributed by atoms with Crippen molar-refractivity contribution in [1.82, 2.24) is 10.2 Å². The number of hydrogen-bond donors (Lipinski definition) is 1. The number of carbonyl (C=O) groups is 3. The Hall–Kier alpha value is -2.39. The van der Waals surface area contributed by atoms with Crippen LogP contribution in [0.1, 0.15) is 69.2 Å². The average molecular weight is 416 g/mol. The molecule has 2 heterocycles. The minimum atomic E-state index is -0.622. The van der Waals surface area contributed by atoms with E-state index in [0.29, 0.717) is 16.6 Å². The first-order chi connectivity index (χ1) is 13.7. The van der Waals surface area contributed by atoms with Crippen molar-refractivity contribution in [2.24, 2.45) is 0 Å². The van der Waals surface area contributed by atoms with Crippen LogP contribution in [-0.4, -0.2) is 59.8 Å². The van der Waals surface area contributed by atoms with Crippen LogP contribution in [0.5, 0.6) is 0 Å². The predicted octanol–water partition coefficient (Wildman–Crippen LogP) is 2.11. The van der Waals surface area contributed by atoms with E-state index in [2.05, 4.69) is 5.32 Å². The number of carbonyl (C=O) groups excluding carboxylic acids is 3. The van der Waals surface area contributed by atoms with Crippen molar-refractivity contribution in [2.45, 2.75) is 65.3 Å². The number of fused-ring (bicyclic) bond motifs is 1. The van der Waals surface area contributed by atoms with Crippen molar-refractivity contribution >= 4 is 30.5 Å². The molecule has 1 aromatic rings. The van der Waals surface area contributed by atoms with Gasteiger partial charge in [-0.3, -0.25) is 14.5 Å². The summed E-state index contributed by atoms with van der Waals surface area (Å²) >= 11 is 0. The normalized spacial score (nSPS) is 19.8. The summed E-state index contributed by atoms with van der Waals surface area (Å²) in [6, 6.07) is 5.02. The van der Waals surface area contributed by atoms with Crippen LogP contribution in [0.25, 0.3) is 0 Å². The number of nitrogens with one attached hydrogen (secondary N) is 1. The first-order valence-electron chi connectivity index (χ1n) is 10.0. The van der Waals surface area contributed by atoms with Crippen molar-refractivity contribution in [2.75, 3.05) is 13.1 Å². The van der Waals surface area contributed by atoms with Crippen LogP contribution in [0.3, 0.4) is 0 Å². The zero-order chi connectivity index (χ0) is 22.5. The molecule has 0 saturated carbocycles. The fraction of sp³-hybridized carbons (Fsp3) is 0.571. The van der Waals surface area contributed by atoms with E-state index >= 15 is 0 Å². The topological polar surface area (TPSA) is 94.2 Å². The van der Waals surface area contributed by atoms with E-state index in [4.69, 9.17) is 14.0 Å². The van der Waals surface area contributed by atoms with E-state index in [-0.39, 0.29) is 19.0 Å². The smallest absolute Gasteiger partial charge is 0.444 e. The van der Waals surface area contributed by atoms with Gasteiger partial charge in [-0.2, -0.15) is 0 Å². The predicted molar refractivity (Wildman–Crippen MR) is 112 cm³/mol. The maximum atomic E-state index is 12.8. The summed E-state index contributed by atoms with van der Waals surface area (Å²) in [6.07, 6.45) is -0.595. The number of nitrogens with zero attached hydrogens (tertiary/aromatic N) is 1. The molecule has 0 atom stereocenters. The Morgan fingerprint density at radius 1 is 1.07 bits per heavy atom. The van der Waals surface area contributed by atoms with E-state index in [0.717, 1.165) is 4.90 Å². The molecule has 1 saturated heterocycles. The van der Waals surface area contributed by atoms with Crippen molar-refractivity contribution in [1.29, 1.82) is 0 Å². The summed E-state index contributed by atoms with van der Waals surface area (Å²) in [5.41, 5.74) is -0.306. The number of rotatable bonds is 4. The van der Waals surface area contributed by atoms with Crippen molar-refractivity contribution in [3.8, 4) is 0 Å². The quantitative estimate of drug-likeness (QED) is 0.597. The molecule has 0 radical (unpaired) electrons. The van der Waals surface area contributed by atoms with Crippen molar-refractivity contribution in [3.05, 3.63) is 29.3 Å². The molecule has 0 aliphatic carbocycles. The van der Waals surface area contributed by atoms with Gasteiger partial charge in [-0.05, 0) is 66.1 Å². The van der Waals surface area contributed by atoms with E-state index in [1.807, 2.05) is 27.7 Å². The minimum Gasteiger partial charge on any atom is -0.444 e. The van der Waals surface area contributed by atoms with Gasteiger partial charge in [0.2, 0.25) is 0 Å². The van der Waals surface area contributed by atoms with Crippen LogP contribution in [0, 0.1) is 0 Å². The third-order valence-electron chi connectivity index (χ3n) is 5.52. The average Bonchev–Trinajstić information content (AvgIpc) is 2.96. The molecule has 8 nitrogen and oxygen atoms in total. The van der Waals surface area contributed by atoms with Gasteiger partial charge in [-0.1, -0.05) is 6.07 Å². The van der Waals surface area contributed by atoms with Crippen LogP contribution in [-0.2, 0) is 14.0 Å². The molecule has 30 heavy (non-hydrogen) atoms. The maximum Gasteiger partial charge on any atom is 0.494 e. The van der Waals surface area contributed by atoms with Crippen LogP contribution < -0.4 is 10.8 Å². The summed E-state index contributed by atoms with van der Waals surface area (Å²) in [7, 11) is -0.619. The fourth-order valence-corrected chi connectivity index (χ4v) is 3.22. The second kappa shape index (κ2) is 7.39. The summed E-state index contributed by atoms with van der Waals surface area (Å²) in [5.74, 6) is -0.791. The highest BCUT2D eigenvalue weighted by molar-refractivity contribution is 6.62. The van der Waals surface area contributed by atoms with Gasteiger partial charge in [-0.25, -0.2) is 4.79 Å². The number of ether oxygens (including phenoxy) is 1. The Labute approximate surface area is 177 Å². The Kier molecular flexibility index (Phi) is 5.49. The molecule has 0 bridgehead atoms. The molecule has 9 heteroatoms. The molecule has 3 amide bonds. The second-order valence-corrected chi connectivity index (χ2v) is 9.58. The number of benzene rings is 1. The standard InChI is InChI=1S/C21H29BN2O6/c1-19(2,3)28-18(27)23-10-11-24-16(25)14-9-8-13(12-15(14)17(24)26)22-29-20(4,5)21(6,7)30-22/h8-9,12H,10-11H2,1-7H3,(H,23,27). The van der Waals surface area contributed by atoms with Crippen LogP contribution in [0.15, 0.2) is 18.2 Å². The molecule has 2 aliphatic heterocycles. The number of alkyl carbamates (subject to hydrolysis) is 1. The highest BCUT2D eigenvalue weighted by Crippen LogP contribution is 2.36. The van der Waals surface area contributed by atoms with Crippen LogP contribution in [0.4, 0.5) is 4.79 Å². The molecule has 1 fully saturated rings. The second-order valence-electron chi connectivity index (χ2n) is 9.58. The molecule has 1 aromatic carbocycles. The summed E-state index contributed by atoms with van der Waals surface area (Å²) < 4.78 is 17.2. The van der Waals surface area contributed by atoms with Gasteiger partial charge in [-0.15, -0.1) is 0 Å². The van der Waals surface area contributed by atoms with Gasteiger partial charge in [0.05, 0.1) is 22.3 Å². The highest BCUT2D eigenvalue weighted by Gasteiger charge is 2.52. The van der Waals surface area contributed by atoms with Gasteiger partial charge < -0.3 is 19.4 Å². The Morgan fingerprint density at radius 3 is 2.20 bits per heavy atom. The van der Waals surface area contributed by atoms with Gasteiger partial charge in [0.25, 0.3) is 11.8 Å². The molecule has 0 unspecified atom stereocenters. The van der Waals surface area contributed by atoms with Crippen molar-refractivity contribution in [3.63, 3.8) is 0 Å². The van der Waals surface area contributed by atoms with E-state index < -0.39 is 35.9 Å². The lowest BCUT2D eigenvalue weighted by molar-refractivity contribution is 0.00578. The maximum absolute atomic E-state index is 12.8. The first-order valence-corrected chi connectivity index (χ1v) is 10.0. The van der Waals surface area contributed by atoms with Gasteiger partial charge >= 0.3 is 13.2 Å². The van der Waals surface area contributed by atoms with Crippen molar-refractivity contribution < 1.29 is 28.4 Å². The van der Waals surface area contributed by atoms with E-state index in [9.17, 15) is 14.4 Å². The summed E-state index contributed by atoms with van der Waals surface area (Å²) in [5, 5.41) is 2.56. The molecular weight excluding hydrogens is 387 g/mol. The van der Waals surface area contributed by atoms with Gasteiger partial charge in [0.15, 0.2) is 0 Å². The van der Waals surface area contributed by atoms with Crippen LogP contribution >= 0.6 is 0 Å². The zero-order valence-corrected chi connectivity index (χ0v) is 18.6. The van der Waals surface area contributed by atoms with E-state index in [1.54, 1.807) is 39.0 Å². The minimum absolute atomic E-state index is 0.0530. The molecule has 3 rings (SSSR count). The largest absolute Gasteiger partial charge is 0.494 e. The lowest BCUT2D eigenvalue weighted by atomic mass is 9.78. The summed E-state index contributed by atoms with van der Waals surface area (Å²) in [4.78, 5) is 38.3.